The Balaban J connectivity index is 1.54. The van der Waals surface area contributed by atoms with E-state index in [1.165, 1.54) is 0 Å². The van der Waals surface area contributed by atoms with Crippen LogP contribution in [0.2, 0.25) is 0 Å². The maximum Gasteiger partial charge on any atom is 0.231 e. The summed E-state index contributed by atoms with van der Waals surface area (Å²) in [4.78, 5) is 19.1. The lowest BCUT2D eigenvalue weighted by Crippen LogP contribution is -2.51. The van der Waals surface area contributed by atoms with Crippen LogP contribution in [0.5, 0.6) is 0 Å². The minimum absolute atomic E-state index is 0.0574. The fourth-order valence-electron chi connectivity index (χ4n) is 3.56. The quantitative estimate of drug-likeness (QED) is 0.861. The Morgan fingerprint density at radius 3 is 3.17 bits per heavy atom. The maximum absolute atomic E-state index is 12.8. The van der Waals surface area contributed by atoms with Crippen molar-refractivity contribution in [2.75, 3.05) is 13.2 Å². The number of aryl methyl sites for hydroxylation is 1. The van der Waals surface area contributed by atoms with E-state index in [1.54, 1.807) is 11.3 Å². The molecule has 2 aromatic heterocycles. The summed E-state index contributed by atoms with van der Waals surface area (Å²) >= 11 is 1.62. The molecule has 3 atom stereocenters. The van der Waals surface area contributed by atoms with E-state index in [4.69, 9.17) is 9.26 Å². The lowest BCUT2D eigenvalue weighted by atomic mass is 9.89. The fourth-order valence-corrected chi connectivity index (χ4v) is 4.23. The zero-order valence-electron chi connectivity index (χ0n) is 13.0. The molecule has 0 saturated carbocycles. The number of hydrogen-bond acceptors (Lipinski definition) is 6. The molecular formula is C16H19N3O3S. The Morgan fingerprint density at radius 1 is 1.52 bits per heavy atom. The first-order chi connectivity index (χ1) is 11.2. The van der Waals surface area contributed by atoms with Crippen molar-refractivity contribution in [2.24, 2.45) is 0 Å². The van der Waals surface area contributed by atoms with Crippen molar-refractivity contribution < 1.29 is 14.1 Å². The number of rotatable bonds is 3. The van der Waals surface area contributed by atoms with Gasteiger partial charge in [0.2, 0.25) is 11.8 Å². The van der Waals surface area contributed by atoms with Crippen molar-refractivity contribution in [1.29, 1.82) is 0 Å². The second-order valence-electron chi connectivity index (χ2n) is 6.23. The fraction of sp³-hybridized carbons (Fsp3) is 0.562. The van der Waals surface area contributed by atoms with E-state index in [1.807, 2.05) is 28.7 Å². The van der Waals surface area contributed by atoms with Gasteiger partial charge in [0.1, 0.15) is 0 Å². The number of aromatic nitrogens is 2. The molecule has 2 fully saturated rings. The summed E-state index contributed by atoms with van der Waals surface area (Å²) in [5.74, 6) is 1.46. The van der Waals surface area contributed by atoms with Crippen molar-refractivity contribution in [3.63, 3.8) is 0 Å². The number of amides is 1. The number of hydrogen-bond donors (Lipinski definition) is 0. The van der Waals surface area contributed by atoms with Gasteiger partial charge < -0.3 is 14.2 Å². The molecule has 0 aromatic carbocycles. The lowest BCUT2D eigenvalue weighted by Gasteiger charge is -2.39. The Kier molecular flexibility index (Phi) is 3.90. The zero-order chi connectivity index (χ0) is 15.8. The van der Waals surface area contributed by atoms with Gasteiger partial charge in [-0.3, -0.25) is 4.79 Å². The van der Waals surface area contributed by atoms with Crippen molar-refractivity contribution >= 4 is 17.2 Å². The van der Waals surface area contributed by atoms with Crippen molar-refractivity contribution in [1.82, 2.24) is 15.0 Å². The summed E-state index contributed by atoms with van der Waals surface area (Å²) in [7, 11) is 0. The second kappa shape index (κ2) is 6.05. The highest BCUT2D eigenvalue weighted by molar-refractivity contribution is 7.07. The first kappa shape index (κ1) is 14.8. The number of carbonyl (C=O) groups is 1. The first-order valence-electron chi connectivity index (χ1n) is 7.93. The third-order valence-corrected chi connectivity index (χ3v) is 5.39. The lowest BCUT2D eigenvalue weighted by molar-refractivity contribution is -0.136. The Morgan fingerprint density at radius 2 is 2.43 bits per heavy atom. The van der Waals surface area contributed by atoms with Crippen molar-refractivity contribution in [3.8, 4) is 0 Å². The first-order valence-corrected chi connectivity index (χ1v) is 8.87. The van der Waals surface area contributed by atoms with Gasteiger partial charge >= 0.3 is 0 Å². The van der Waals surface area contributed by atoms with Gasteiger partial charge in [0.05, 0.1) is 24.5 Å². The van der Waals surface area contributed by atoms with E-state index >= 15 is 0 Å². The van der Waals surface area contributed by atoms with Crippen LogP contribution in [0.3, 0.4) is 0 Å². The SMILES string of the molecule is Cc1noc([C@H]2C[C@@H]3OCC[C@@H]3N(C(=O)Cc3ccsc3)C2)n1. The van der Waals surface area contributed by atoms with E-state index in [0.29, 0.717) is 31.3 Å². The van der Waals surface area contributed by atoms with E-state index in [-0.39, 0.29) is 24.0 Å². The van der Waals surface area contributed by atoms with E-state index in [0.717, 1.165) is 18.4 Å². The van der Waals surface area contributed by atoms with Crippen LogP contribution in [0.25, 0.3) is 0 Å². The van der Waals surface area contributed by atoms with Crippen LogP contribution in [0, 0.1) is 6.92 Å². The van der Waals surface area contributed by atoms with Crippen LogP contribution in [0.15, 0.2) is 21.3 Å². The topological polar surface area (TPSA) is 68.5 Å². The smallest absolute Gasteiger partial charge is 0.231 e. The number of nitrogens with zero attached hydrogens (tertiary/aromatic N) is 3. The standard InChI is InChI=1S/C16H19N3O3S/c1-10-17-16(22-18-10)12-7-14-13(2-4-21-14)19(8-12)15(20)6-11-3-5-23-9-11/h3,5,9,12-14H,2,4,6-8H2,1H3/t12-,13-,14-/m0/s1. The summed E-state index contributed by atoms with van der Waals surface area (Å²) in [6, 6.07) is 2.19. The Bertz CT molecular complexity index is 685. The van der Waals surface area contributed by atoms with Crippen LogP contribution in [-0.4, -0.2) is 46.2 Å². The molecule has 122 valence electrons. The molecule has 7 heteroatoms. The highest BCUT2D eigenvalue weighted by atomic mass is 32.1. The number of carbonyl (C=O) groups excluding carboxylic acids is 1. The molecule has 0 spiro atoms. The molecule has 0 N–H and O–H groups in total. The largest absolute Gasteiger partial charge is 0.376 e. The van der Waals surface area contributed by atoms with Gasteiger partial charge in [-0.25, -0.2) is 0 Å². The number of likely N-dealkylation sites (tertiary alicyclic amines) is 1. The summed E-state index contributed by atoms with van der Waals surface area (Å²) in [5.41, 5.74) is 1.08. The van der Waals surface area contributed by atoms with Crippen molar-refractivity contribution in [2.45, 2.75) is 44.2 Å². The molecule has 2 aliphatic heterocycles. The summed E-state index contributed by atoms with van der Waals surface area (Å²) in [5, 5.41) is 7.91. The molecule has 4 heterocycles. The van der Waals surface area contributed by atoms with Gasteiger partial charge in [-0.15, -0.1) is 0 Å². The third-order valence-electron chi connectivity index (χ3n) is 4.66. The number of thiophene rings is 1. The molecule has 2 aliphatic rings. The second-order valence-corrected chi connectivity index (χ2v) is 7.01. The molecule has 4 rings (SSSR count). The minimum atomic E-state index is 0.0574. The predicted octanol–water partition coefficient (Wildman–Crippen LogP) is 2.16. The van der Waals surface area contributed by atoms with Gasteiger partial charge in [-0.1, -0.05) is 5.16 Å². The van der Waals surface area contributed by atoms with Gasteiger partial charge in [0.15, 0.2) is 5.82 Å². The average Bonchev–Trinajstić information content (AvgIpc) is 3.26. The van der Waals surface area contributed by atoms with Crippen molar-refractivity contribution in [3.05, 3.63) is 34.1 Å². The van der Waals surface area contributed by atoms with Crippen LogP contribution >= 0.6 is 11.3 Å². The minimum Gasteiger partial charge on any atom is -0.376 e. The molecule has 6 nitrogen and oxygen atoms in total. The average molecular weight is 333 g/mol. The Hall–Kier alpha value is -1.73. The molecule has 2 aromatic rings. The van der Waals surface area contributed by atoms with Gasteiger partial charge in [-0.05, 0) is 42.2 Å². The zero-order valence-corrected chi connectivity index (χ0v) is 13.8. The van der Waals surface area contributed by atoms with Gasteiger partial charge in [0, 0.05) is 13.2 Å². The van der Waals surface area contributed by atoms with Crippen LogP contribution in [0.4, 0.5) is 0 Å². The molecular weight excluding hydrogens is 314 g/mol. The number of ether oxygens (including phenoxy) is 1. The summed E-state index contributed by atoms with van der Waals surface area (Å²) < 4.78 is 11.2. The van der Waals surface area contributed by atoms with Gasteiger partial charge in [0.25, 0.3) is 0 Å². The third kappa shape index (κ3) is 2.90. The highest BCUT2D eigenvalue weighted by Gasteiger charge is 2.43. The molecule has 2 saturated heterocycles. The van der Waals surface area contributed by atoms with E-state index in [2.05, 4.69) is 10.1 Å². The van der Waals surface area contributed by atoms with Crippen LogP contribution < -0.4 is 0 Å². The number of piperidine rings is 1. The summed E-state index contributed by atoms with van der Waals surface area (Å²) in [6.07, 6.45) is 2.28. The highest BCUT2D eigenvalue weighted by Crippen LogP contribution is 2.36. The monoisotopic (exact) mass is 333 g/mol. The molecule has 0 radical (unpaired) electrons. The molecule has 0 aliphatic carbocycles. The molecule has 0 unspecified atom stereocenters. The molecule has 1 amide bonds. The normalized spacial score (nSPS) is 27.2. The Labute approximate surface area is 138 Å². The number of fused-ring (bicyclic) bond motifs is 1. The van der Waals surface area contributed by atoms with Gasteiger partial charge in [-0.2, -0.15) is 16.3 Å². The molecule has 0 bridgehead atoms. The van der Waals surface area contributed by atoms with Crippen LogP contribution in [-0.2, 0) is 16.0 Å². The van der Waals surface area contributed by atoms with E-state index < -0.39 is 0 Å². The predicted molar refractivity (Wildman–Crippen MR) is 84.3 cm³/mol. The van der Waals surface area contributed by atoms with Crippen LogP contribution in [0.1, 0.15) is 36.0 Å². The maximum atomic E-state index is 12.8. The van der Waals surface area contributed by atoms with E-state index in [9.17, 15) is 4.79 Å². The summed E-state index contributed by atoms with van der Waals surface area (Å²) in [6.45, 7) is 3.16. The molecule has 23 heavy (non-hydrogen) atoms.